The number of esters is 1. The SMILES string of the molecule is COC(=O)c1ccccc1/C=N\NC(=O)CNc1ccccc1. The molecule has 6 nitrogen and oxygen atoms in total. The van der Waals surface area contributed by atoms with Crippen molar-refractivity contribution < 1.29 is 14.3 Å². The molecule has 1 amide bonds. The number of rotatable bonds is 6. The fourth-order valence-corrected chi connectivity index (χ4v) is 1.86. The van der Waals surface area contributed by atoms with E-state index in [0.717, 1.165) is 5.69 Å². The second-order valence-electron chi connectivity index (χ2n) is 4.59. The Hall–Kier alpha value is -3.15. The van der Waals surface area contributed by atoms with Crippen molar-refractivity contribution in [1.82, 2.24) is 5.43 Å². The van der Waals surface area contributed by atoms with Crippen LogP contribution in [-0.2, 0) is 9.53 Å². The minimum absolute atomic E-state index is 0.0972. The van der Waals surface area contributed by atoms with E-state index in [2.05, 4.69) is 15.8 Å². The van der Waals surface area contributed by atoms with Crippen molar-refractivity contribution >= 4 is 23.8 Å². The molecule has 118 valence electrons. The molecule has 6 heteroatoms. The highest BCUT2D eigenvalue weighted by atomic mass is 16.5. The summed E-state index contributed by atoms with van der Waals surface area (Å²) in [6, 6.07) is 16.2. The van der Waals surface area contributed by atoms with Crippen molar-refractivity contribution in [3.63, 3.8) is 0 Å². The Balaban J connectivity index is 1.89. The lowest BCUT2D eigenvalue weighted by atomic mass is 10.1. The zero-order chi connectivity index (χ0) is 16.5. The fraction of sp³-hybridized carbons (Fsp3) is 0.118. The molecule has 2 N–H and O–H groups in total. The molecule has 0 radical (unpaired) electrons. The van der Waals surface area contributed by atoms with Crippen LogP contribution >= 0.6 is 0 Å². The monoisotopic (exact) mass is 311 g/mol. The predicted molar refractivity (Wildman–Crippen MR) is 88.4 cm³/mol. The standard InChI is InChI=1S/C17H17N3O3/c1-23-17(22)15-10-6-5-7-13(15)11-19-20-16(21)12-18-14-8-3-2-4-9-14/h2-11,18H,12H2,1H3,(H,20,21)/b19-11-. The van der Waals surface area contributed by atoms with Crippen molar-refractivity contribution in [2.24, 2.45) is 5.10 Å². The van der Waals surface area contributed by atoms with Crippen LogP contribution in [0.5, 0.6) is 0 Å². The maximum Gasteiger partial charge on any atom is 0.338 e. The number of ether oxygens (including phenoxy) is 1. The van der Waals surface area contributed by atoms with Gasteiger partial charge in [-0.25, -0.2) is 10.2 Å². The molecule has 23 heavy (non-hydrogen) atoms. The largest absolute Gasteiger partial charge is 0.465 e. The lowest BCUT2D eigenvalue weighted by molar-refractivity contribution is -0.119. The zero-order valence-corrected chi connectivity index (χ0v) is 12.7. The van der Waals surface area contributed by atoms with E-state index in [4.69, 9.17) is 4.74 Å². The highest BCUT2D eigenvalue weighted by molar-refractivity contribution is 5.99. The zero-order valence-electron chi connectivity index (χ0n) is 12.7. The molecule has 0 heterocycles. The summed E-state index contributed by atoms with van der Waals surface area (Å²) in [7, 11) is 1.31. The van der Waals surface area contributed by atoms with Gasteiger partial charge in [-0.15, -0.1) is 0 Å². The molecule has 0 saturated heterocycles. The summed E-state index contributed by atoms with van der Waals surface area (Å²) in [6.07, 6.45) is 1.41. The van der Waals surface area contributed by atoms with E-state index >= 15 is 0 Å². The van der Waals surface area contributed by atoms with E-state index in [0.29, 0.717) is 11.1 Å². The number of carbonyl (C=O) groups is 2. The van der Waals surface area contributed by atoms with Gasteiger partial charge in [0, 0.05) is 11.3 Å². The molecule has 0 aliphatic carbocycles. The highest BCUT2D eigenvalue weighted by Gasteiger charge is 2.09. The molecular formula is C17H17N3O3. The first-order valence-electron chi connectivity index (χ1n) is 6.99. The second-order valence-corrected chi connectivity index (χ2v) is 4.59. The molecule has 0 aliphatic rings. The summed E-state index contributed by atoms with van der Waals surface area (Å²) in [5.74, 6) is -0.746. The van der Waals surface area contributed by atoms with Gasteiger partial charge in [0.25, 0.3) is 5.91 Å². The number of benzene rings is 2. The molecule has 2 rings (SSSR count). The van der Waals surface area contributed by atoms with E-state index in [9.17, 15) is 9.59 Å². The molecule has 0 bridgehead atoms. The molecule has 0 spiro atoms. The van der Waals surface area contributed by atoms with Crippen LogP contribution in [0.3, 0.4) is 0 Å². The van der Waals surface area contributed by atoms with Crippen molar-refractivity contribution in [3.05, 3.63) is 65.7 Å². The number of nitrogens with one attached hydrogen (secondary N) is 2. The number of carbonyl (C=O) groups excluding carboxylic acids is 2. The van der Waals surface area contributed by atoms with Gasteiger partial charge in [-0.3, -0.25) is 4.79 Å². The van der Waals surface area contributed by atoms with Gasteiger partial charge in [0.1, 0.15) is 0 Å². The number of hydrogen-bond acceptors (Lipinski definition) is 5. The van der Waals surface area contributed by atoms with E-state index in [1.807, 2.05) is 30.3 Å². The Morgan fingerprint density at radius 2 is 1.78 bits per heavy atom. The van der Waals surface area contributed by atoms with Crippen molar-refractivity contribution in [1.29, 1.82) is 0 Å². The number of hydrazone groups is 1. The van der Waals surface area contributed by atoms with Gasteiger partial charge >= 0.3 is 5.97 Å². The molecular weight excluding hydrogens is 294 g/mol. The van der Waals surface area contributed by atoms with Crippen LogP contribution in [0.2, 0.25) is 0 Å². The van der Waals surface area contributed by atoms with Gasteiger partial charge in [-0.1, -0.05) is 36.4 Å². The smallest absolute Gasteiger partial charge is 0.338 e. The van der Waals surface area contributed by atoms with Crippen molar-refractivity contribution in [2.45, 2.75) is 0 Å². The summed E-state index contributed by atoms with van der Waals surface area (Å²) in [6.45, 7) is 0.0972. The molecule has 0 fully saturated rings. The third kappa shape index (κ3) is 4.96. The third-order valence-electron chi connectivity index (χ3n) is 2.99. The van der Waals surface area contributed by atoms with Gasteiger partial charge < -0.3 is 10.1 Å². The maximum atomic E-state index is 11.7. The lowest BCUT2D eigenvalue weighted by Gasteiger charge is -2.05. The average molecular weight is 311 g/mol. The Morgan fingerprint density at radius 3 is 2.52 bits per heavy atom. The third-order valence-corrected chi connectivity index (χ3v) is 2.99. The number of amides is 1. The summed E-state index contributed by atoms with van der Waals surface area (Å²) in [5, 5.41) is 6.83. The van der Waals surface area contributed by atoms with Gasteiger partial charge in [0.15, 0.2) is 0 Å². The Morgan fingerprint density at radius 1 is 1.09 bits per heavy atom. The van der Waals surface area contributed by atoms with E-state index in [-0.39, 0.29) is 12.5 Å². The van der Waals surface area contributed by atoms with Crippen LogP contribution in [0.15, 0.2) is 59.7 Å². The lowest BCUT2D eigenvalue weighted by Crippen LogP contribution is -2.25. The minimum atomic E-state index is -0.455. The maximum absolute atomic E-state index is 11.7. The van der Waals surface area contributed by atoms with Crippen molar-refractivity contribution in [3.8, 4) is 0 Å². The van der Waals surface area contributed by atoms with Crippen LogP contribution in [-0.4, -0.2) is 31.7 Å². The molecule has 2 aromatic carbocycles. The van der Waals surface area contributed by atoms with Crippen LogP contribution in [0.4, 0.5) is 5.69 Å². The molecule has 0 aliphatic heterocycles. The van der Waals surface area contributed by atoms with Crippen LogP contribution in [0, 0.1) is 0 Å². The van der Waals surface area contributed by atoms with Crippen LogP contribution in [0.1, 0.15) is 15.9 Å². The first-order valence-corrected chi connectivity index (χ1v) is 6.99. The second kappa shape index (κ2) is 8.33. The Bertz CT molecular complexity index is 699. The summed E-state index contributed by atoms with van der Waals surface area (Å²) >= 11 is 0. The molecule has 2 aromatic rings. The van der Waals surface area contributed by atoms with E-state index in [1.54, 1.807) is 24.3 Å². The summed E-state index contributed by atoms with van der Waals surface area (Å²) < 4.78 is 4.69. The molecule has 0 aromatic heterocycles. The fourth-order valence-electron chi connectivity index (χ4n) is 1.86. The number of methoxy groups -OCH3 is 1. The molecule has 0 unspecified atom stereocenters. The van der Waals surface area contributed by atoms with Crippen LogP contribution in [0.25, 0.3) is 0 Å². The van der Waals surface area contributed by atoms with E-state index in [1.165, 1.54) is 13.3 Å². The quantitative estimate of drug-likeness (QED) is 0.486. The predicted octanol–water partition coefficient (Wildman–Crippen LogP) is 2.04. The Labute approximate surface area is 134 Å². The average Bonchev–Trinajstić information content (AvgIpc) is 2.60. The van der Waals surface area contributed by atoms with Gasteiger partial charge in [0.2, 0.25) is 0 Å². The number of anilines is 1. The van der Waals surface area contributed by atoms with E-state index < -0.39 is 5.97 Å². The normalized spacial score (nSPS) is 10.3. The minimum Gasteiger partial charge on any atom is -0.465 e. The summed E-state index contributed by atoms with van der Waals surface area (Å²) in [5.41, 5.74) is 4.20. The number of nitrogens with zero attached hydrogens (tertiary/aromatic N) is 1. The summed E-state index contributed by atoms with van der Waals surface area (Å²) in [4.78, 5) is 23.3. The first kappa shape index (κ1) is 16.2. The number of para-hydroxylation sites is 1. The Kier molecular flexibility index (Phi) is 5.88. The topological polar surface area (TPSA) is 79.8 Å². The number of hydrogen-bond donors (Lipinski definition) is 2. The van der Waals surface area contributed by atoms with Crippen molar-refractivity contribution in [2.75, 3.05) is 19.0 Å². The van der Waals surface area contributed by atoms with Gasteiger partial charge in [0.05, 0.1) is 25.4 Å². The van der Waals surface area contributed by atoms with Gasteiger partial charge in [-0.2, -0.15) is 5.10 Å². The van der Waals surface area contributed by atoms with Crippen LogP contribution < -0.4 is 10.7 Å². The highest BCUT2D eigenvalue weighted by Crippen LogP contribution is 2.07. The molecule has 0 saturated carbocycles. The van der Waals surface area contributed by atoms with Gasteiger partial charge in [-0.05, 0) is 18.2 Å². The first-order chi connectivity index (χ1) is 11.2. The molecule has 0 atom stereocenters.